The zero-order valence-corrected chi connectivity index (χ0v) is 18.5. The van der Waals surface area contributed by atoms with Gasteiger partial charge in [0.15, 0.2) is 11.7 Å². The second-order valence-electron chi connectivity index (χ2n) is 6.17. The number of nitrogens with zero attached hydrogens (tertiary/aromatic N) is 1. The first-order valence-corrected chi connectivity index (χ1v) is 9.26. The van der Waals surface area contributed by atoms with Crippen molar-refractivity contribution in [1.29, 1.82) is 0 Å². The maximum atomic E-state index is 13.5. The number of fused-ring (bicyclic) bond motifs is 1. The number of halogens is 2. The van der Waals surface area contributed by atoms with Crippen molar-refractivity contribution in [3.05, 3.63) is 59.9 Å². The molecule has 1 aromatic carbocycles. The topological polar surface area (TPSA) is 94.5 Å². The van der Waals surface area contributed by atoms with Crippen LogP contribution < -0.4 is 16.0 Å². The number of carbonyl (C=O) groups is 1. The smallest absolute Gasteiger partial charge is 0.287 e. The summed E-state index contributed by atoms with van der Waals surface area (Å²) in [6.45, 7) is 4.22. The summed E-state index contributed by atoms with van der Waals surface area (Å²) in [5.74, 6) is 0.459. The second-order valence-corrected chi connectivity index (χ2v) is 6.17. The van der Waals surface area contributed by atoms with Crippen molar-refractivity contribution in [2.24, 2.45) is 4.99 Å². The molecule has 0 bridgehead atoms. The Morgan fingerprint density at radius 3 is 2.79 bits per heavy atom. The van der Waals surface area contributed by atoms with E-state index in [9.17, 15) is 9.18 Å². The van der Waals surface area contributed by atoms with Gasteiger partial charge in [0, 0.05) is 43.3 Å². The highest BCUT2D eigenvalue weighted by Crippen LogP contribution is 2.19. The lowest BCUT2D eigenvalue weighted by molar-refractivity contribution is 0.0926. The van der Waals surface area contributed by atoms with Gasteiger partial charge < -0.3 is 25.4 Å². The van der Waals surface area contributed by atoms with Crippen LogP contribution in [0.1, 0.15) is 23.0 Å². The number of aliphatic imine (C=N–C) groups is 1. The first-order chi connectivity index (χ1) is 13.7. The van der Waals surface area contributed by atoms with E-state index in [0.717, 1.165) is 23.0 Å². The largest absolute Gasteiger partial charge is 0.459 e. The summed E-state index contributed by atoms with van der Waals surface area (Å²) in [4.78, 5) is 19.5. The summed E-state index contributed by atoms with van der Waals surface area (Å²) in [5, 5.41) is 9.99. The van der Waals surface area contributed by atoms with Gasteiger partial charge in [-0.05, 0) is 49.2 Å². The Morgan fingerprint density at radius 1 is 1.21 bits per heavy atom. The molecule has 2 heterocycles. The van der Waals surface area contributed by atoms with Gasteiger partial charge in [-0.2, -0.15) is 0 Å². The standard InChI is InChI=1S/C20H24FN5O2.HI/c1-2-22-20(25-10-9-23-19(27)18-4-3-11-28-18)24-8-7-14-13-26-17-6-5-15(21)12-16(14)17;/h3-6,11-13,26H,2,7-10H2,1H3,(H,23,27)(H2,22,24,25);1H. The van der Waals surface area contributed by atoms with Crippen LogP contribution in [0.2, 0.25) is 0 Å². The average Bonchev–Trinajstić information content (AvgIpc) is 3.35. The number of aromatic nitrogens is 1. The molecule has 0 spiro atoms. The molecule has 3 rings (SSSR count). The van der Waals surface area contributed by atoms with E-state index < -0.39 is 0 Å². The first kappa shape index (κ1) is 22.7. The minimum atomic E-state index is -0.250. The van der Waals surface area contributed by atoms with Gasteiger partial charge >= 0.3 is 0 Å². The molecule has 0 unspecified atom stereocenters. The van der Waals surface area contributed by atoms with Gasteiger partial charge in [0.05, 0.1) is 6.26 Å². The molecule has 2 aromatic heterocycles. The maximum Gasteiger partial charge on any atom is 0.287 e. The molecular weight excluding hydrogens is 488 g/mol. The zero-order valence-electron chi connectivity index (χ0n) is 16.1. The molecule has 1 amide bonds. The van der Waals surface area contributed by atoms with E-state index in [1.165, 1.54) is 18.4 Å². The van der Waals surface area contributed by atoms with Crippen LogP contribution >= 0.6 is 24.0 Å². The number of hydrogen-bond donors (Lipinski definition) is 4. The lowest BCUT2D eigenvalue weighted by atomic mass is 10.1. The molecule has 0 radical (unpaired) electrons. The molecule has 0 saturated heterocycles. The van der Waals surface area contributed by atoms with Crippen molar-refractivity contribution in [1.82, 2.24) is 20.9 Å². The molecule has 0 saturated carbocycles. The highest BCUT2D eigenvalue weighted by molar-refractivity contribution is 14.0. The quantitative estimate of drug-likeness (QED) is 0.161. The van der Waals surface area contributed by atoms with Gasteiger partial charge in [-0.1, -0.05) is 0 Å². The van der Waals surface area contributed by atoms with Gasteiger partial charge in [0.2, 0.25) is 0 Å². The van der Waals surface area contributed by atoms with Gasteiger partial charge in [0.25, 0.3) is 5.91 Å². The van der Waals surface area contributed by atoms with Crippen molar-refractivity contribution in [3.63, 3.8) is 0 Å². The minimum Gasteiger partial charge on any atom is -0.459 e. The summed E-state index contributed by atoms with van der Waals surface area (Å²) in [6, 6.07) is 8.00. The number of H-pyrrole nitrogens is 1. The van der Waals surface area contributed by atoms with Crippen molar-refractivity contribution >= 4 is 46.7 Å². The number of hydrogen-bond acceptors (Lipinski definition) is 3. The molecule has 0 fully saturated rings. The lowest BCUT2D eigenvalue weighted by Crippen LogP contribution is -2.41. The Labute approximate surface area is 185 Å². The van der Waals surface area contributed by atoms with E-state index in [4.69, 9.17) is 4.42 Å². The van der Waals surface area contributed by atoms with Gasteiger partial charge in [0.1, 0.15) is 5.82 Å². The van der Waals surface area contributed by atoms with Crippen molar-refractivity contribution in [2.75, 3.05) is 26.2 Å². The molecular formula is C20H25FIN5O2. The van der Waals surface area contributed by atoms with E-state index >= 15 is 0 Å². The second kappa shape index (κ2) is 11.4. The molecule has 7 nitrogen and oxygen atoms in total. The lowest BCUT2D eigenvalue weighted by Gasteiger charge is -2.11. The number of amides is 1. The molecule has 0 aliphatic rings. The molecule has 0 aliphatic heterocycles. The Balaban J connectivity index is 0.00000300. The highest BCUT2D eigenvalue weighted by Gasteiger charge is 2.07. The third kappa shape index (κ3) is 6.48. The van der Waals surface area contributed by atoms with Gasteiger partial charge in [-0.25, -0.2) is 4.39 Å². The SMILES string of the molecule is CCNC(=NCCc1c[nH]c2ccc(F)cc12)NCCNC(=O)c1ccco1.I. The summed E-state index contributed by atoms with van der Waals surface area (Å²) in [7, 11) is 0. The first-order valence-electron chi connectivity index (χ1n) is 9.26. The molecule has 29 heavy (non-hydrogen) atoms. The summed E-state index contributed by atoms with van der Waals surface area (Å²) >= 11 is 0. The van der Waals surface area contributed by atoms with Gasteiger partial charge in [-0.3, -0.25) is 9.79 Å². The fourth-order valence-corrected chi connectivity index (χ4v) is 2.84. The van der Waals surface area contributed by atoms with Crippen LogP contribution in [0.25, 0.3) is 10.9 Å². The number of furan rings is 1. The highest BCUT2D eigenvalue weighted by atomic mass is 127. The van der Waals surface area contributed by atoms with Crippen LogP contribution in [0, 0.1) is 5.82 Å². The molecule has 9 heteroatoms. The fourth-order valence-electron chi connectivity index (χ4n) is 2.84. The van der Waals surface area contributed by atoms with Crippen LogP contribution in [0.5, 0.6) is 0 Å². The number of aromatic amines is 1. The third-order valence-corrected chi connectivity index (χ3v) is 4.17. The van der Waals surface area contributed by atoms with Crippen LogP contribution in [-0.2, 0) is 6.42 Å². The fraction of sp³-hybridized carbons (Fsp3) is 0.300. The Hall–Kier alpha value is -2.56. The number of benzene rings is 1. The predicted octanol–water partition coefficient (Wildman–Crippen LogP) is 3.05. The van der Waals surface area contributed by atoms with Crippen LogP contribution in [0.15, 0.2) is 52.2 Å². The molecule has 156 valence electrons. The Bertz CT molecular complexity index is 940. The van der Waals surface area contributed by atoms with Crippen LogP contribution in [-0.4, -0.2) is 43.0 Å². The molecule has 0 aliphatic carbocycles. The van der Waals surface area contributed by atoms with Gasteiger partial charge in [-0.15, -0.1) is 24.0 Å². The number of carbonyl (C=O) groups excluding carboxylic acids is 1. The maximum absolute atomic E-state index is 13.5. The van der Waals surface area contributed by atoms with Crippen LogP contribution in [0.3, 0.4) is 0 Å². The van der Waals surface area contributed by atoms with Crippen molar-refractivity contribution < 1.29 is 13.6 Å². The summed E-state index contributed by atoms with van der Waals surface area (Å²) < 4.78 is 18.5. The van der Waals surface area contributed by atoms with E-state index in [1.807, 2.05) is 13.1 Å². The Kier molecular flexibility index (Phi) is 8.97. The third-order valence-electron chi connectivity index (χ3n) is 4.17. The summed E-state index contributed by atoms with van der Waals surface area (Å²) in [5.41, 5.74) is 1.94. The number of nitrogens with one attached hydrogen (secondary N) is 4. The minimum absolute atomic E-state index is 0. The summed E-state index contributed by atoms with van der Waals surface area (Å²) in [6.07, 6.45) is 4.05. The van der Waals surface area contributed by atoms with E-state index in [1.54, 1.807) is 18.2 Å². The number of guanidine groups is 1. The van der Waals surface area contributed by atoms with Crippen molar-refractivity contribution in [2.45, 2.75) is 13.3 Å². The average molecular weight is 513 g/mol. The Morgan fingerprint density at radius 2 is 2.03 bits per heavy atom. The number of rotatable bonds is 8. The van der Waals surface area contributed by atoms with Crippen LogP contribution in [0.4, 0.5) is 4.39 Å². The van der Waals surface area contributed by atoms with Crippen molar-refractivity contribution in [3.8, 4) is 0 Å². The van der Waals surface area contributed by atoms with E-state index in [0.29, 0.717) is 32.0 Å². The van der Waals surface area contributed by atoms with E-state index in [2.05, 4.69) is 25.9 Å². The normalized spacial score (nSPS) is 11.2. The monoisotopic (exact) mass is 513 g/mol. The molecule has 3 aromatic rings. The molecule has 4 N–H and O–H groups in total. The molecule has 0 atom stereocenters. The predicted molar refractivity (Wildman–Crippen MR) is 122 cm³/mol. The zero-order chi connectivity index (χ0) is 19.8. The van der Waals surface area contributed by atoms with E-state index in [-0.39, 0.29) is 41.5 Å².